The Morgan fingerprint density at radius 3 is 3.06 bits per heavy atom. The molecule has 0 spiro atoms. The van der Waals surface area contributed by atoms with E-state index in [1.54, 1.807) is 12.3 Å². The molecule has 0 aliphatic carbocycles. The van der Waals surface area contributed by atoms with E-state index in [9.17, 15) is 5.11 Å². The molecule has 2 aromatic rings. The highest BCUT2D eigenvalue weighted by molar-refractivity contribution is 6.32. The van der Waals surface area contributed by atoms with Gasteiger partial charge in [0.2, 0.25) is 0 Å². The minimum atomic E-state index is 0.140. The second-order valence-electron chi connectivity index (χ2n) is 3.88. The van der Waals surface area contributed by atoms with Crippen molar-refractivity contribution >= 4 is 11.6 Å². The van der Waals surface area contributed by atoms with E-state index in [0.29, 0.717) is 11.6 Å². The van der Waals surface area contributed by atoms with Gasteiger partial charge in [0.25, 0.3) is 0 Å². The van der Waals surface area contributed by atoms with Crippen molar-refractivity contribution in [1.29, 1.82) is 0 Å². The summed E-state index contributed by atoms with van der Waals surface area (Å²) in [5.74, 6) is 0.140. The number of benzene rings is 1. The van der Waals surface area contributed by atoms with Crippen LogP contribution in [0.15, 0.2) is 30.6 Å². The van der Waals surface area contributed by atoms with Gasteiger partial charge in [-0.25, -0.2) is 0 Å². The number of nitrogens with zero attached hydrogens (tertiary/aromatic N) is 1. The molecule has 1 unspecified atom stereocenters. The zero-order chi connectivity index (χ0) is 12.3. The van der Waals surface area contributed by atoms with Crippen LogP contribution in [-0.4, -0.2) is 15.3 Å². The van der Waals surface area contributed by atoms with Crippen LogP contribution in [0.4, 0.5) is 0 Å². The number of aromatic hydroxyl groups is 1. The SMILES string of the molecule is CC(NCc1cccc(Cl)c1O)c1cn[nH]c1. The number of phenolic OH excluding ortho intramolecular Hbond substituents is 1. The minimum Gasteiger partial charge on any atom is -0.506 e. The molecule has 1 heterocycles. The van der Waals surface area contributed by atoms with Crippen LogP contribution in [0.1, 0.15) is 24.1 Å². The number of hydrogen-bond donors (Lipinski definition) is 3. The number of aromatic nitrogens is 2. The first-order valence-electron chi connectivity index (χ1n) is 5.37. The van der Waals surface area contributed by atoms with Crippen LogP contribution in [0.5, 0.6) is 5.75 Å². The van der Waals surface area contributed by atoms with Gasteiger partial charge in [-0.1, -0.05) is 23.7 Å². The minimum absolute atomic E-state index is 0.140. The van der Waals surface area contributed by atoms with Gasteiger partial charge in [-0.15, -0.1) is 0 Å². The molecular weight excluding hydrogens is 238 g/mol. The number of H-pyrrole nitrogens is 1. The second kappa shape index (κ2) is 5.21. The molecule has 2 rings (SSSR count). The maximum absolute atomic E-state index is 9.75. The Bertz CT molecular complexity index is 485. The van der Waals surface area contributed by atoms with Crippen LogP contribution in [0.2, 0.25) is 5.02 Å². The Morgan fingerprint density at radius 1 is 1.53 bits per heavy atom. The van der Waals surface area contributed by atoms with Gasteiger partial charge in [0, 0.05) is 29.9 Å². The van der Waals surface area contributed by atoms with Gasteiger partial charge in [-0.3, -0.25) is 5.10 Å². The van der Waals surface area contributed by atoms with Crippen molar-refractivity contribution in [3.8, 4) is 5.75 Å². The van der Waals surface area contributed by atoms with Gasteiger partial charge >= 0.3 is 0 Å². The molecule has 1 atom stereocenters. The van der Waals surface area contributed by atoms with Crippen molar-refractivity contribution < 1.29 is 5.11 Å². The summed E-state index contributed by atoms with van der Waals surface area (Å²) in [7, 11) is 0. The highest BCUT2D eigenvalue weighted by Gasteiger charge is 2.08. The molecule has 0 fully saturated rings. The lowest BCUT2D eigenvalue weighted by Crippen LogP contribution is -2.17. The van der Waals surface area contributed by atoms with Crippen LogP contribution in [0.25, 0.3) is 0 Å². The van der Waals surface area contributed by atoms with Crippen LogP contribution >= 0.6 is 11.6 Å². The topological polar surface area (TPSA) is 60.9 Å². The zero-order valence-electron chi connectivity index (χ0n) is 9.44. The predicted octanol–water partition coefficient (Wildman–Crippen LogP) is 2.62. The molecule has 1 aromatic carbocycles. The molecule has 0 amide bonds. The van der Waals surface area contributed by atoms with Gasteiger partial charge in [0.05, 0.1) is 11.2 Å². The molecule has 0 radical (unpaired) electrons. The van der Waals surface area contributed by atoms with E-state index < -0.39 is 0 Å². The Kier molecular flexibility index (Phi) is 3.66. The molecule has 0 bridgehead atoms. The van der Waals surface area contributed by atoms with Gasteiger partial charge in [-0.05, 0) is 13.0 Å². The fraction of sp³-hybridized carbons (Fsp3) is 0.250. The third kappa shape index (κ3) is 2.78. The normalized spacial score (nSPS) is 12.6. The first-order chi connectivity index (χ1) is 8.18. The summed E-state index contributed by atoms with van der Waals surface area (Å²) in [6.45, 7) is 2.59. The number of rotatable bonds is 4. The van der Waals surface area contributed by atoms with Crippen molar-refractivity contribution in [2.45, 2.75) is 19.5 Å². The lowest BCUT2D eigenvalue weighted by Gasteiger charge is -2.13. The highest BCUT2D eigenvalue weighted by atomic mass is 35.5. The Hall–Kier alpha value is -1.52. The molecular formula is C12H14ClN3O. The van der Waals surface area contributed by atoms with Crippen LogP contribution in [0.3, 0.4) is 0 Å². The van der Waals surface area contributed by atoms with Crippen molar-refractivity contribution in [3.63, 3.8) is 0 Å². The van der Waals surface area contributed by atoms with Crippen LogP contribution < -0.4 is 5.32 Å². The van der Waals surface area contributed by atoms with E-state index in [-0.39, 0.29) is 11.8 Å². The Morgan fingerprint density at radius 2 is 2.35 bits per heavy atom. The lowest BCUT2D eigenvalue weighted by molar-refractivity contribution is 0.460. The maximum Gasteiger partial charge on any atom is 0.138 e. The van der Waals surface area contributed by atoms with Gasteiger partial charge in [-0.2, -0.15) is 5.10 Å². The molecule has 0 saturated heterocycles. The standard InChI is InChI=1S/C12H14ClN3O/c1-8(10-6-15-16-7-10)14-5-9-3-2-4-11(13)12(9)17/h2-4,6-8,14,17H,5H2,1H3,(H,15,16). The third-order valence-corrected chi connectivity index (χ3v) is 2.99. The number of phenols is 1. The molecule has 0 aliphatic rings. The predicted molar refractivity (Wildman–Crippen MR) is 67.0 cm³/mol. The summed E-state index contributed by atoms with van der Waals surface area (Å²) >= 11 is 5.84. The average Bonchev–Trinajstić information content (AvgIpc) is 2.84. The fourth-order valence-electron chi connectivity index (χ4n) is 1.58. The highest BCUT2D eigenvalue weighted by Crippen LogP contribution is 2.27. The number of nitrogens with one attached hydrogen (secondary N) is 2. The molecule has 17 heavy (non-hydrogen) atoms. The summed E-state index contributed by atoms with van der Waals surface area (Å²) in [6.07, 6.45) is 3.62. The van der Waals surface area contributed by atoms with Crippen molar-refractivity contribution in [2.24, 2.45) is 0 Å². The number of aromatic amines is 1. The first-order valence-corrected chi connectivity index (χ1v) is 5.74. The Balaban J connectivity index is 2.00. The molecule has 5 heteroatoms. The summed E-state index contributed by atoms with van der Waals surface area (Å²) in [5, 5.41) is 20.1. The summed E-state index contributed by atoms with van der Waals surface area (Å²) < 4.78 is 0. The summed E-state index contributed by atoms with van der Waals surface area (Å²) in [5.41, 5.74) is 1.86. The number of hydrogen-bond acceptors (Lipinski definition) is 3. The fourth-order valence-corrected chi connectivity index (χ4v) is 1.78. The molecule has 1 aromatic heterocycles. The van der Waals surface area contributed by atoms with Crippen molar-refractivity contribution in [1.82, 2.24) is 15.5 Å². The summed E-state index contributed by atoms with van der Waals surface area (Å²) in [6, 6.07) is 5.49. The molecule has 0 aliphatic heterocycles. The van der Waals surface area contributed by atoms with Crippen molar-refractivity contribution in [3.05, 3.63) is 46.7 Å². The third-order valence-electron chi connectivity index (χ3n) is 2.69. The van der Waals surface area contributed by atoms with E-state index >= 15 is 0 Å². The lowest BCUT2D eigenvalue weighted by atomic mass is 10.1. The van der Waals surface area contributed by atoms with Gasteiger partial charge in [0.1, 0.15) is 5.75 Å². The number of para-hydroxylation sites is 1. The second-order valence-corrected chi connectivity index (χ2v) is 4.29. The monoisotopic (exact) mass is 251 g/mol. The first kappa shape index (κ1) is 12.0. The van der Waals surface area contributed by atoms with E-state index in [1.807, 2.05) is 25.3 Å². The quantitative estimate of drug-likeness (QED) is 0.783. The van der Waals surface area contributed by atoms with Crippen LogP contribution in [0, 0.1) is 0 Å². The van der Waals surface area contributed by atoms with Crippen LogP contribution in [-0.2, 0) is 6.54 Å². The van der Waals surface area contributed by atoms with E-state index in [2.05, 4.69) is 15.5 Å². The number of halogens is 1. The van der Waals surface area contributed by atoms with Gasteiger partial charge < -0.3 is 10.4 Å². The van der Waals surface area contributed by atoms with E-state index in [0.717, 1.165) is 11.1 Å². The maximum atomic E-state index is 9.75. The average molecular weight is 252 g/mol. The van der Waals surface area contributed by atoms with E-state index in [1.165, 1.54) is 0 Å². The van der Waals surface area contributed by atoms with Crippen molar-refractivity contribution in [2.75, 3.05) is 0 Å². The smallest absolute Gasteiger partial charge is 0.138 e. The summed E-state index contributed by atoms with van der Waals surface area (Å²) in [4.78, 5) is 0. The molecule has 4 nitrogen and oxygen atoms in total. The molecule has 90 valence electrons. The van der Waals surface area contributed by atoms with E-state index in [4.69, 9.17) is 11.6 Å². The molecule has 0 saturated carbocycles. The zero-order valence-corrected chi connectivity index (χ0v) is 10.2. The largest absolute Gasteiger partial charge is 0.506 e. The van der Waals surface area contributed by atoms with Gasteiger partial charge in [0.15, 0.2) is 0 Å². The Labute approximate surface area is 105 Å². The molecule has 3 N–H and O–H groups in total.